The van der Waals surface area contributed by atoms with E-state index in [0.29, 0.717) is 12.2 Å². The summed E-state index contributed by atoms with van der Waals surface area (Å²) in [7, 11) is 0. The highest BCUT2D eigenvalue weighted by Gasteiger charge is 2.33. The van der Waals surface area contributed by atoms with Crippen molar-refractivity contribution in [1.29, 1.82) is 0 Å². The summed E-state index contributed by atoms with van der Waals surface area (Å²) >= 11 is 0. The quantitative estimate of drug-likeness (QED) is 0.797. The fourth-order valence-corrected chi connectivity index (χ4v) is 3.38. The number of piperidine rings is 1. The van der Waals surface area contributed by atoms with Gasteiger partial charge in [0.1, 0.15) is 12.0 Å². The zero-order chi connectivity index (χ0) is 17.2. The van der Waals surface area contributed by atoms with Gasteiger partial charge in [-0.3, -0.25) is 14.5 Å². The third kappa shape index (κ3) is 2.93. The second kappa shape index (κ2) is 6.51. The Hall–Kier alpha value is -2.96. The van der Waals surface area contributed by atoms with Gasteiger partial charge in [0, 0.05) is 17.9 Å². The molecule has 0 radical (unpaired) electrons. The van der Waals surface area contributed by atoms with Gasteiger partial charge >= 0.3 is 0 Å². The number of H-pyrrole nitrogens is 1. The van der Waals surface area contributed by atoms with Crippen LogP contribution in [0.4, 0.5) is 0 Å². The fraction of sp³-hybridized carbons (Fsp3) is 0.333. The fourth-order valence-electron chi connectivity index (χ4n) is 3.38. The number of hydrogen-bond donors (Lipinski definition) is 1. The van der Waals surface area contributed by atoms with E-state index >= 15 is 0 Å². The molecule has 0 saturated carbocycles. The van der Waals surface area contributed by atoms with Gasteiger partial charge in [0.05, 0.1) is 6.04 Å². The third-order valence-electron chi connectivity index (χ3n) is 4.60. The number of likely N-dealkylation sites (tertiary alicyclic amines) is 1. The second-order valence-electron chi connectivity index (χ2n) is 6.34. The lowest BCUT2D eigenvalue weighted by molar-refractivity contribution is 0.0591. The van der Waals surface area contributed by atoms with E-state index < -0.39 is 0 Å². The number of hydrogen-bond acceptors (Lipinski definition) is 4. The Balaban J connectivity index is 1.69. The molecule has 25 heavy (non-hydrogen) atoms. The normalized spacial score (nSPS) is 17.6. The van der Waals surface area contributed by atoms with Gasteiger partial charge in [-0.05, 0) is 44.4 Å². The van der Waals surface area contributed by atoms with Crippen molar-refractivity contribution >= 4 is 5.91 Å². The number of para-hydroxylation sites is 1. The first-order valence-electron chi connectivity index (χ1n) is 8.52. The first-order chi connectivity index (χ1) is 12.2. The van der Waals surface area contributed by atoms with Gasteiger partial charge in [0.15, 0.2) is 5.82 Å². The lowest BCUT2D eigenvalue weighted by Gasteiger charge is -2.34. The summed E-state index contributed by atoms with van der Waals surface area (Å²) in [5.41, 5.74) is 2.33. The second-order valence-corrected chi connectivity index (χ2v) is 6.34. The SMILES string of the molecule is Cc1cc(C(=O)N2CCCCC2c2nncn2-c2ccccc2)n[nH]1. The van der Waals surface area contributed by atoms with E-state index in [1.807, 2.05) is 46.7 Å². The lowest BCUT2D eigenvalue weighted by atomic mass is 10.0. The molecule has 4 rings (SSSR count). The van der Waals surface area contributed by atoms with E-state index in [0.717, 1.165) is 36.5 Å². The lowest BCUT2D eigenvalue weighted by Crippen LogP contribution is -2.39. The molecule has 3 aromatic rings. The van der Waals surface area contributed by atoms with Crippen molar-refractivity contribution in [2.45, 2.75) is 32.2 Å². The molecule has 1 aromatic carbocycles. The number of nitrogens with zero attached hydrogens (tertiary/aromatic N) is 5. The molecule has 1 aliphatic heterocycles. The van der Waals surface area contributed by atoms with Gasteiger partial charge in [0.25, 0.3) is 5.91 Å². The number of rotatable bonds is 3. The average Bonchev–Trinajstić information content (AvgIpc) is 3.31. The molecule has 2 aromatic heterocycles. The number of amides is 1. The van der Waals surface area contributed by atoms with Crippen molar-refractivity contribution in [3.63, 3.8) is 0 Å². The molecule has 0 spiro atoms. The van der Waals surface area contributed by atoms with Crippen LogP contribution in [0.2, 0.25) is 0 Å². The van der Waals surface area contributed by atoms with Crippen LogP contribution in [0.15, 0.2) is 42.7 Å². The number of carbonyl (C=O) groups is 1. The Morgan fingerprint density at radius 2 is 2.08 bits per heavy atom. The molecule has 7 heteroatoms. The summed E-state index contributed by atoms with van der Waals surface area (Å²) < 4.78 is 1.96. The Morgan fingerprint density at radius 1 is 1.24 bits per heavy atom. The molecule has 7 nitrogen and oxygen atoms in total. The molecule has 1 amide bonds. The minimum Gasteiger partial charge on any atom is -0.327 e. The highest BCUT2D eigenvalue weighted by molar-refractivity contribution is 5.92. The van der Waals surface area contributed by atoms with Crippen LogP contribution in [0.1, 0.15) is 47.3 Å². The summed E-state index contributed by atoms with van der Waals surface area (Å²) in [6.45, 7) is 2.60. The van der Waals surface area contributed by atoms with Crippen LogP contribution in [-0.2, 0) is 0 Å². The molecule has 1 N–H and O–H groups in total. The van der Waals surface area contributed by atoms with Crippen molar-refractivity contribution in [2.75, 3.05) is 6.54 Å². The van der Waals surface area contributed by atoms with Crippen molar-refractivity contribution in [2.24, 2.45) is 0 Å². The number of aromatic nitrogens is 5. The van der Waals surface area contributed by atoms with Gasteiger partial charge in [-0.25, -0.2) is 0 Å². The van der Waals surface area contributed by atoms with Crippen LogP contribution in [0.5, 0.6) is 0 Å². The molecule has 1 saturated heterocycles. The number of nitrogens with one attached hydrogen (secondary N) is 1. The average molecular weight is 336 g/mol. The topological polar surface area (TPSA) is 79.7 Å². The van der Waals surface area contributed by atoms with E-state index in [1.165, 1.54) is 0 Å². The molecule has 0 bridgehead atoms. The van der Waals surface area contributed by atoms with Gasteiger partial charge < -0.3 is 4.90 Å². The Kier molecular flexibility index (Phi) is 4.05. The molecular weight excluding hydrogens is 316 g/mol. The number of aromatic amines is 1. The zero-order valence-corrected chi connectivity index (χ0v) is 14.1. The number of aryl methyl sites for hydroxylation is 1. The van der Waals surface area contributed by atoms with Gasteiger partial charge in [-0.2, -0.15) is 5.10 Å². The minimum absolute atomic E-state index is 0.0586. The van der Waals surface area contributed by atoms with Gasteiger partial charge in [-0.15, -0.1) is 10.2 Å². The van der Waals surface area contributed by atoms with Crippen LogP contribution in [0.3, 0.4) is 0 Å². The Labute approximate surface area is 145 Å². The van der Waals surface area contributed by atoms with Crippen molar-refractivity contribution in [3.8, 4) is 5.69 Å². The van der Waals surface area contributed by atoms with Gasteiger partial charge in [0.2, 0.25) is 0 Å². The molecule has 1 aliphatic rings. The highest BCUT2D eigenvalue weighted by atomic mass is 16.2. The molecule has 1 atom stereocenters. The van der Waals surface area contributed by atoms with E-state index in [1.54, 1.807) is 12.4 Å². The van der Waals surface area contributed by atoms with Crippen molar-refractivity contribution < 1.29 is 4.79 Å². The summed E-state index contributed by atoms with van der Waals surface area (Å²) in [4.78, 5) is 14.8. The number of benzene rings is 1. The van der Waals surface area contributed by atoms with E-state index in [2.05, 4.69) is 20.4 Å². The van der Waals surface area contributed by atoms with Gasteiger partial charge in [-0.1, -0.05) is 18.2 Å². The first-order valence-corrected chi connectivity index (χ1v) is 8.52. The van der Waals surface area contributed by atoms with Crippen LogP contribution in [0.25, 0.3) is 5.69 Å². The third-order valence-corrected chi connectivity index (χ3v) is 4.60. The number of carbonyl (C=O) groups excluding carboxylic acids is 1. The maximum atomic E-state index is 13.0. The monoisotopic (exact) mass is 336 g/mol. The summed E-state index contributed by atoms with van der Waals surface area (Å²) in [6, 6.07) is 11.7. The van der Waals surface area contributed by atoms with Crippen LogP contribution >= 0.6 is 0 Å². The molecule has 1 unspecified atom stereocenters. The van der Waals surface area contributed by atoms with Crippen LogP contribution in [-0.4, -0.2) is 42.3 Å². The van der Waals surface area contributed by atoms with E-state index in [9.17, 15) is 4.79 Å². The van der Waals surface area contributed by atoms with E-state index in [4.69, 9.17) is 0 Å². The smallest absolute Gasteiger partial charge is 0.274 e. The van der Waals surface area contributed by atoms with E-state index in [-0.39, 0.29) is 11.9 Å². The molecular formula is C18H20N6O. The molecule has 1 fully saturated rings. The summed E-state index contributed by atoms with van der Waals surface area (Å²) in [5, 5.41) is 15.4. The predicted molar refractivity (Wildman–Crippen MR) is 92.3 cm³/mol. The molecule has 128 valence electrons. The van der Waals surface area contributed by atoms with Crippen molar-refractivity contribution in [1.82, 2.24) is 29.9 Å². The minimum atomic E-state index is -0.0963. The maximum absolute atomic E-state index is 13.0. The molecule has 3 heterocycles. The highest BCUT2D eigenvalue weighted by Crippen LogP contribution is 2.31. The Bertz CT molecular complexity index is 869. The molecule has 0 aliphatic carbocycles. The summed E-state index contributed by atoms with van der Waals surface area (Å²) in [5.74, 6) is 0.739. The van der Waals surface area contributed by atoms with Crippen LogP contribution in [0, 0.1) is 6.92 Å². The Morgan fingerprint density at radius 3 is 2.84 bits per heavy atom. The zero-order valence-electron chi connectivity index (χ0n) is 14.1. The first kappa shape index (κ1) is 15.6. The largest absolute Gasteiger partial charge is 0.327 e. The van der Waals surface area contributed by atoms with Crippen molar-refractivity contribution in [3.05, 3.63) is 59.9 Å². The predicted octanol–water partition coefficient (Wildman–Crippen LogP) is 2.67. The standard InChI is InChI=1S/C18H20N6O/c1-13-11-15(21-20-13)18(25)23-10-6-5-9-16(23)17-22-19-12-24(17)14-7-3-2-4-8-14/h2-4,7-8,11-12,16H,5-6,9-10H2,1H3,(H,20,21). The summed E-state index contributed by atoms with van der Waals surface area (Å²) in [6.07, 6.45) is 4.64. The maximum Gasteiger partial charge on any atom is 0.274 e. The van der Waals surface area contributed by atoms with Crippen LogP contribution < -0.4 is 0 Å².